The average Bonchev–Trinajstić information content (AvgIpc) is 2.72. The van der Waals surface area contributed by atoms with Gasteiger partial charge in [-0.3, -0.25) is 9.59 Å². The summed E-state index contributed by atoms with van der Waals surface area (Å²) in [6.07, 6.45) is 0.927. The molecular formula is C22H24N2O5. The van der Waals surface area contributed by atoms with Gasteiger partial charge in [0.05, 0.1) is 19.6 Å². The fraction of sp³-hybridized carbons (Fsp3) is 0.318. The van der Waals surface area contributed by atoms with E-state index in [1.54, 1.807) is 17.0 Å². The molecule has 1 heterocycles. The summed E-state index contributed by atoms with van der Waals surface area (Å²) in [6.45, 7) is 2.30. The van der Waals surface area contributed by atoms with E-state index in [0.29, 0.717) is 12.1 Å². The SMILES string of the molecule is COc1ccc(CNC(=O)CC2c3ccccc3CCN2C(C)=O)cc1C(=O)O. The van der Waals surface area contributed by atoms with E-state index < -0.39 is 5.97 Å². The number of rotatable bonds is 6. The Balaban J connectivity index is 1.71. The summed E-state index contributed by atoms with van der Waals surface area (Å²) in [4.78, 5) is 37.8. The molecule has 1 aliphatic rings. The third-order valence-corrected chi connectivity index (χ3v) is 5.18. The minimum absolute atomic E-state index is 0.0446. The van der Waals surface area contributed by atoms with E-state index in [0.717, 1.165) is 17.5 Å². The lowest BCUT2D eigenvalue weighted by Gasteiger charge is -2.36. The maximum Gasteiger partial charge on any atom is 0.339 e. The van der Waals surface area contributed by atoms with Crippen LogP contribution in [0.1, 0.15) is 46.4 Å². The second-order valence-electron chi connectivity index (χ2n) is 7.00. The van der Waals surface area contributed by atoms with Gasteiger partial charge in [0.1, 0.15) is 11.3 Å². The molecular weight excluding hydrogens is 372 g/mol. The molecule has 0 fully saturated rings. The zero-order chi connectivity index (χ0) is 21.0. The first-order valence-electron chi connectivity index (χ1n) is 9.42. The van der Waals surface area contributed by atoms with E-state index in [1.807, 2.05) is 24.3 Å². The smallest absolute Gasteiger partial charge is 0.339 e. The molecule has 29 heavy (non-hydrogen) atoms. The first kappa shape index (κ1) is 20.4. The summed E-state index contributed by atoms with van der Waals surface area (Å²) >= 11 is 0. The zero-order valence-corrected chi connectivity index (χ0v) is 16.5. The van der Waals surface area contributed by atoms with Crippen LogP contribution in [-0.2, 0) is 22.6 Å². The highest BCUT2D eigenvalue weighted by Crippen LogP contribution is 2.32. The van der Waals surface area contributed by atoms with Crippen LogP contribution in [0.2, 0.25) is 0 Å². The van der Waals surface area contributed by atoms with Crippen molar-refractivity contribution in [3.63, 3.8) is 0 Å². The van der Waals surface area contributed by atoms with Gasteiger partial charge in [0.15, 0.2) is 0 Å². The molecule has 2 amide bonds. The summed E-state index contributed by atoms with van der Waals surface area (Å²) in [5.74, 6) is -1.08. The lowest BCUT2D eigenvalue weighted by atomic mass is 9.90. The van der Waals surface area contributed by atoms with E-state index in [-0.39, 0.29) is 42.1 Å². The third kappa shape index (κ3) is 4.56. The summed E-state index contributed by atoms with van der Waals surface area (Å²) < 4.78 is 5.05. The molecule has 0 radical (unpaired) electrons. The van der Waals surface area contributed by atoms with Gasteiger partial charge in [-0.25, -0.2) is 4.79 Å². The second-order valence-corrected chi connectivity index (χ2v) is 7.00. The number of carboxylic acids is 1. The maximum atomic E-state index is 12.6. The number of aromatic carboxylic acids is 1. The van der Waals surface area contributed by atoms with Gasteiger partial charge >= 0.3 is 5.97 Å². The fourth-order valence-electron chi connectivity index (χ4n) is 3.73. The quantitative estimate of drug-likeness (QED) is 0.782. The van der Waals surface area contributed by atoms with Crippen LogP contribution >= 0.6 is 0 Å². The lowest BCUT2D eigenvalue weighted by Crippen LogP contribution is -2.41. The summed E-state index contributed by atoms with van der Waals surface area (Å²) in [6, 6.07) is 12.3. The van der Waals surface area contributed by atoms with Crippen molar-refractivity contribution in [3.05, 3.63) is 64.7 Å². The van der Waals surface area contributed by atoms with Crippen LogP contribution in [0, 0.1) is 0 Å². The first-order chi connectivity index (χ1) is 13.9. The fourth-order valence-corrected chi connectivity index (χ4v) is 3.73. The number of carbonyl (C=O) groups excluding carboxylic acids is 2. The van der Waals surface area contributed by atoms with Gasteiger partial charge < -0.3 is 20.1 Å². The standard InChI is InChI=1S/C22H24N2O5/c1-14(25)24-10-9-16-5-3-4-6-17(16)19(24)12-21(26)23-13-15-7-8-20(29-2)18(11-15)22(27)28/h3-8,11,19H,9-10,12-13H2,1-2H3,(H,23,26)(H,27,28). The number of benzene rings is 2. The van der Waals surface area contributed by atoms with Crippen LogP contribution < -0.4 is 10.1 Å². The molecule has 1 atom stereocenters. The molecule has 3 rings (SSSR count). The predicted octanol–water partition coefficient (Wildman–Crippen LogP) is 2.55. The van der Waals surface area contributed by atoms with Gasteiger partial charge in [0.2, 0.25) is 11.8 Å². The minimum atomic E-state index is -1.09. The lowest BCUT2D eigenvalue weighted by molar-refractivity contribution is -0.133. The topological polar surface area (TPSA) is 95.9 Å². The number of nitrogens with zero attached hydrogens (tertiary/aromatic N) is 1. The Labute approximate surface area is 169 Å². The van der Waals surface area contributed by atoms with Gasteiger partial charge in [-0.15, -0.1) is 0 Å². The van der Waals surface area contributed by atoms with Gasteiger partial charge in [0, 0.05) is 20.0 Å². The van der Waals surface area contributed by atoms with Crippen molar-refractivity contribution < 1.29 is 24.2 Å². The number of amides is 2. The largest absolute Gasteiger partial charge is 0.496 e. The molecule has 0 spiro atoms. The highest BCUT2D eigenvalue weighted by atomic mass is 16.5. The van der Waals surface area contributed by atoms with Gasteiger partial charge in [-0.05, 0) is 35.2 Å². The van der Waals surface area contributed by atoms with E-state index in [9.17, 15) is 19.5 Å². The summed E-state index contributed by atoms with van der Waals surface area (Å²) in [5.41, 5.74) is 2.86. The first-order valence-corrected chi connectivity index (χ1v) is 9.42. The van der Waals surface area contributed by atoms with E-state index >= 15 is 0 Å². The normalized spacial score (nSPS) is 15.4. The number of hydrogen-bond donors (Lipinski definition) is 2. The predicted molar refractivity (Wildman–Crippen MR) is 107 cm³/mol. The Hall–Kier alpha value is -3.35. The van der Waals surface area contributed by atoms with E-state index in [4.69, 9.17) is 4.74 Å². The maximum absolute atomic E-state index is 12.6. The van der Waals surface area contributed by atoms with E-state index in [2.05, 4.69) is 5.32 Å². The van der Waals surface area contributed by atoms with Crippen molar-refractivity contribution in [1.29, 1.82) is 0 Å². The zero-order valence-electron chi connectivity index (χ0n) is 16.5. The van der Waals surface area contributed by atoms with Crippen molar-refractivity contribution in [2.24, 2.45) is 0 Å². The Morgan fingerprint density at radius 1 is 1.21 bits per heavy atom. The molecule has 0 bridgehead atoms. The number of hydrogen-bond acceptors (Lipinski definition) is 4. The van der Waals surface area contributed by atoms with Crippen LogP contribution in [0.3, 0.4) is 0 Å². The number of methoxy groups -OCH3 is 1. The molecule has 152 valence electrons. The van der Waals surface area contributed by atoms with Crippen molar-refractivity contribution in [2.75, 3.05) is 13.7 Å². The Bertz CT molecular complexity index is 941. The molecule has 0 saturated heterocycles. The Kier molecular flexibility index (Phi) is 6.16. The second kappa shape index (κ2) is 8.77. The highest BCUT2D eigenvalue weighted by Gasteiger charge is 2.30. The summed E-state index contributed by atoms with van der Waals surface area (Å²) in [7, 11) is 1.41. The molecule has 1 aliphatic heterocycles. The van der Waals surface area contributed by atoms with Crippen molar-refractivity contribution in [3.8, 4) is 5.75 Å². The van der Waals surface area contributed by atoms with Crippen molar-refractivity contribution >= 4 is 17.8 Å². The minimum Gasteiger partial charge on any atom is -0.496 e. The van der Waals surface area contributed by atoms with Gasteiger partial charge in [-0.2, -0.15) is 0 Å². The number of fused-ring (bicyclic) bond motifs is 1. The summed E-state index contributed by atoms with van der Waals surface area (Å²) in [5, 5.41) is 12.1. The Morgan fingerprint density at radius 2 is 1.97 bits per heavy atom. The molecule has 0 aliphatic carbocycles. The highest BCUT2D eigenvalue weighted by molar-refractivity contribution is 5.91. The van der Waals surface area contributed by atoms with Crippen LogP contribution in [-0.4, -0.2) is 41.4 Å². The number of ether oxygens (including phenoxy) is 1. The number of nitrogens with one attached hydrogen (secondary N) is 1. The Morgan fingerprint density at radius 3 is 2.66 bits per heavy atom. The number of carboxylic acid groups (broad SMARTS) is 1. The molecule has 2 aromatic rings. The molecule has 7 heteroatoms. The van der Waals surface area contributed by atoms with Gasteiger partial charge in [0.25, 0.3) is 0 Å². The molecule has 7 nitrogen and oxygen atoms in total. The average molecular weight is 396 g/mol. The van der Waals surface area contributed by atoms with E-state index in [1.165, 1.54) is 20.1 Å². The molecule has 2 aromatic carbocycles. The van der Waals surface area contributed by atoms with Crippen LogP contribution in [0.4, 0.5) is 0 Å². The van der Waals surface area contributed by atoms with Crippen molar-refractivity contribution in [1.82, 2.24) is 10.2 Å². The van der Waals surface area contributed by atoms with Gasteiger partial charge in [-0.1, -0.05) is 30.3 Å². The molecule has 2 N–H and O–H groups in total. The van der Waals surface area contributed by atoms with Crippen LogP contribution in [0.25, 0.3) is 0 Å². The number of carbonyl (C=O) groups is 3. The molecule has 0 aromatic heterocycles. The van der Waals surface area contributed by atoms with Crippen LogP contribution in [0.15, 0.2) is 42.5 Å². The third-order valence-electron chi connectivity index (χ3n) is 5.18. The van der Waals surface area contributed by atoms with Crippen molar-refractivity contribution in [2.45, 2.75) is 32.4 Å². The molecule has 0 saturated carbocycles. The monoisotopic (exact) mass is 396 g/mol. The molecule has 1 unspecified atom stereocenters. The van der Waals surface area contributed by atoms with Crippen LogP contribution in [0.5, 0.6) is 5.75 Å².